The van der Waals surface area contributed by atoms with E-state index in [-0.39, 0.29) is 18.4 Å². The average molecular weight is 341 g/mol. The van der Waals surface area contributed by atoms with E-state index in [0.717, 1.165) is 24.1 Å². The van der Waals surface area contributed by atoms with E-state index in [0.29, 0.717) is 30.3 Å². The molecule has 1 aliphatic heterocycles. The number of carbonyl (C=O) groups excluding carboxylic acids is 1. The predicted octanol–water partition coefficient (Wildman–Crippen LogP) is 0.598. The van der Waals surface area contributed by atoms with Gasteiger partial charge in [-0.3, -0.25) is 9.89 Å². The molecule has 1 amide bonds. The number of aliphatic hydroxyl groups is 1. The average Bonchev–Trinajstić information content (AvgIpc) is 3.26. The quantitative estimate of drug-likeness (QED) is 0.721. The second kappa shape index (κ2) is 6.25. The first-order chi connectivity index (χ1) is 12.2. The molecule has 130 valence electrons. The summed E-state index contributed by atoms with van der Waals surface area (Å²) in [5, 5.41) is 25.1. The van der Waals surface area contributed by atoms with Crippen LogP contribution in [0.1, 0.15) is 40.9 Å². The van der Waals surface area contributed by atoms with Gasteiger partial charge in [0.05, 0.1) is 6.20 Å². The van der Waals surface area contributed by atoms with Crippen molar-refractivity contribution < 1.29 is 9.90 Å². The lowest BCUT2D eigenvalue weighted by molar-refractivity contribution is 0.0697. The third kappa shape index (κ3) is 2.76. The largest absolute Gasteiger partial charge is 0.388 e. The van der Waals surface area contributed by atoms with Crippen LogP contribution >= 0.6 is 0 Å². The van der Waals surface area contributed by atoms with Gasteiger partial charge < -0.3 is 14.6 Å². The minimum absolute atomic E-state index is 0.0919. The summed E-state index contributed by atoms with van der Waals surface area (Å²) < 4.78 is 1.81. The highest BCUT2D eigenvalue weighted by Crippen LogP contribution is 2.26. The third-order valence-electron chi connectivity index (χ3n) is 4.73. The number of rotatable bonds is 3. The summed E-state index contributed by atoms with van der Waals surface area (Å²) in [6, 6.07) is 3.58. The highest BCUT2D eigenvalue weighted by atomic mass is 16.3. The number of hydrogen-bond donors (Lipinski definition) is 2. The molecule has 2 N–H and O–H groups in total. The summed E-state index contributed by atoms with van der Waals surface area (Å²) in [7, 11) is 1.84. The zero-order chi connectivity index (χ0) is 17.4. The number of amides is 1. The molecule has 0 radical (unpaired) electrons. The van der Waals surface area contributed by atoms with Gasteiger partial charge in [-0.15, -0.1) is 10.2 Å². The molecule has 9 heteroatoms. The fourth-order valence-corrected chi connectivity index (χ4v) is 3.35. The van der Waals surface area contributed by atoms with Crippen LogP contribution in [-0.2, 0) is 13.7 Å². The van der Waals surface area contributed by atoms with Crippen molar-refractivity contribution in [1.29, 1.82) is 0 Å². The van der Waals surface area contributed by atoms with Crippen LogP contribution in [0.3, 0.4) is 0 Å². The second-order valence-electron chi connectivity index (χ2n) is 6.29. The van der Waals surface area contributed by atoms with E-state index in [2.05, 4.69) is 25.4 Å². The summed E-state index contributed by atoms with van der Waals surface area (Å²) in [4.78, 5) is 19.0. The maximum absolute atomic E-state index is 12.8. The van der Waals surface area contributed by atoms with E-state index >= 15 is 0 Å². The number of nitrogens with zero attached hydrogens (tertiary/aromatic N) is 6. The van der Waals surface area contributed by atoms with Crippen LogP contribution in [0.4, 0.5) is 0 Å². The van der Waals surface area contributed by atoms with Crippen LogP contribution in [0, 0.1) is 0 Å². The van der Waals surface area contributed by atoms with Gasteiger partial charge in [-0.25, -0.2) is 4.98 Å². The van der Waals surface area contributed by atoms with Crippen molar-refractivity contribution in [3.05, 3.63) is 35.7 Å². The van der Waals surface area contributed by atoms with E-state index in [9.17, 15) is 9.90 Å². The molecule has 1 saturated heterocycles. The Morgan fingerprint density at radius 3 is 3.08 bits per heavy atom. The third-order valence-corrected chi connectivity index (χ3v) is 4.73. The number of carbonyl (C=O) groups is 1. The minimum Gasteiger partial charge on any atom is -0.388 e. The molecule has 4 rings (SSSR count). The lowest BCUT2D eigenvalue weighted by Crippen LogP contribution is -2.40. The molecule has 25 heavy (non-hydrogen) atoms. The Bertz CT molecular complexity index is 916. The van der Waals surface area contributed by atoms with Gasteiger partial charge in [0.15, 0.2) is 11.5 Å². The normalized spacial score (nSPS) is 18.0. The highest BCUT2D eigenvalue weighted by Gasteiger charge is 2.29. The maximum Gasteiger partial charge on any atom is 0.272 e. The molecule has 0 bridgehead atoms. The molecule has 1 unspecified atom stereocenters. The van der Waals surface area contributed by atoms with E-state index in [1.807, 2.05) is 22.6 Å². The number of pyridine rings is 1. The zero-order valence-electron chi connectivity index (χ0n) is 13.9. The van der Waals surface area contributed by atoms with E-state index in [4.69, 9.17) is 0 Å². The molecule has 0 spiro atoms. The lowest BCUT2D eigenvalue weighted by Gasteiger charge is -2.32. The topological polar surface area (TPSA) is 113 Å². The van der Waals surface area contributed by atoms with Gasteiger partial charge in [-0.1, -0.05) is 0 Å². The van der Waals surface area contributed by atoms with Gasteiger partial charge >= 0.3 is 0 Å². The number of likely N-dealkylation sites (tertiary alicyclic amines) is 1. The number of aromatic amines is 1. The second-order valence-corrected chi connectivity index (χ2v) is 6.29. The number of hydrogen-bond acceptors (Lipinski definition) is 6. The first-order valence-electron chi connectivity index (χ1n) is 8.26. The molecule has 1 atom stereocenters. The summed E-state index contributed by atoms with van der Waals surface area (Å²) >= 11 is 0. The van der Waals surface area contributed by atoms with Crippen LogP contribution in [-0.4, -0.2) is 58.9 Å². The maximum atomic E-state index is 12.8. The number of piperidine rings is 1. The predicted molar refractivity (Wildman–Crippen MR) is 88.7 cm³/mol. The number of H-pyrrole nitrogens is 1. The number of nitrogens with one attached hydrogen (secondary N) is 1. The Morgan fingerprint density at radius 1 is 1.40 bits per heavy atom. The van der Waals surface area contributed by atoms with Crippen molar-refractivity contribution in [2.45, 2.75) is 25.4 Å². The SMILES string of the molecule is Cn1c(CO)nnc1C1CCCN(C(=O)c2ccc3cn[nH]c3n2)C1. The van der Waals surface area contributed by atoms with Crippen LogP contribution in [0.5, 0.6) is 0 Å². The molecule has 1 fully saturated rings. The van der Waals surface area contributed by atoms with Crippen LogP contribution in [0.15, 0.2) is 18.3 Å². The van der Waals surface area contributed by atoms with E-state index < -0.39 is 0 Å². The van der Waals surface area contributed by atoms with Crippen molar-refractivity contribution in [1.82, 2.24) is 34.8 Å². The molecule has 0 aliphatic carbocycles. The van der Waals surface area contributed by atoms with Crippen LogP contribution < -0.4 is 0 Å². The van der Waals surface area contributed by atoms with Crippen molar-refractivity contribution in [2.24, 2.45) is 7.05 Å². The first kappa shape index (κ1) is 15.7. The molecule has 0 saturated carbocycles. The summed E-state index contributed by atoms with van der Waals surface area (Å²) in [6.07, 6.45) is 3.51. The molecule has 4 heterocycles. The molecular weight excluding hydrogens is 322 g/mol. The number of aromatic nitrogens is 6. The minimum atomic E-state index is -0.146. The van der Waals surface area contributed by atoms with Crippen LogP contribution in [0.2, 0.25) is 0 Å². The highest BCUT2D eigenvalue weighted by molar-refractivity contribution is 5.94. The Balaban J connectivity index is 1.55. The molecule has 3 aromatic rings. The van der Waals surface area contributed by atoms with Crippen molar-refractivity contribution in [2.75, 3.05) is 13.1 Å². The Morgan fingerprint density at radius 2 is 2.28 bits per heavy atom. The van der Waals surface area contributed by atoms with Gasteiger partial charge in [0.25, 0.3) is 5.91 Å². The van der Waals surface area contributed by atoms with E-state index in [1.165, 1.54) is 0 Å². The van der Waals surface area contributed by atoms with Gasteiger partial charge in [-0.05, 0) is 25.0 Å². The van der Waals surface area contributed by atoms with Crippen molar-refractivity contribution >= 4 is 16.9 Å². The molecule has 9 nitrogen and oxygen atoms in total. The first-order valence-corrected chi connectivity index (χ1v) is 8.26. The summed E-state index contributed by atoms with van der Waals surface area (Å²) in [6.45, 7) is 1.12. The standard InChI is InChI=1S/C16H19N7O2/c1-22-13(9-24)19-21-15(22)11-3-2-6-23(8-11)16(25)12-5-4-10-7-17-20-14(10)18-12/h4-5,7,11,24H,2-3,6,8-9H2,1H3,(H,17,18,20). The monoisotopic (exact) mass is 341 g/mol. The fraction of sp³-hybridized carbons (Fsp3) is 0.438. The van der Waals surface area contributed by atoms with Gasteiger partial charge in [-0.2, -0.15) is 5.10 Å². The Labute approximate surface area is 143 Å². The van der Waals surface area contributed by atoms with Gasteiger partial charge in [0, 0.05) is 31.4 Å². The lowest BCUT2D eigenvalue weighted by atomic mass is 9.97. The van der Waals surface area contributed by atoms with Crippen LogP contribution in [0.25, 0.3) is 11.0 Å². The van der Waals surface area contributed by atoms with E-state index in [1.54, 1.807) is 12.3 Å². The Kier molecular flexibility index (Phi) is 3.92. The number of aliphatic hydroxyl groups excluding tert-OH is 1. The molecule has 0 aromatic carbocycles. The van der Waals surface area contributed by atoms with Crippen molar-refractivity contribution in [3.8, 4) is 0 Å². The molecular formula is C16H19N7O2. The number of fused-ring (bicyclic) bond motifs is 1. The summed E-state index contributed by atoms with van der Waals surface area (Å²) in [5.41, 5.74) is 1.02. The summed E-state index contributed by atoms with van der Waals surface area (Å²) in [5.74, 6) is 1.35. The van der Waals surface area contributed by atoms with Crippen molar-refractivity contribution in [3.63, 3.8) is 0 Å². The molecule has 3 aromatic heterocycles. The smallest absolute Gasteiger partial charge is 0.272 e. The zero-order valence-corrected chi connectivity index (χ0v) is 13.9. The Hall–Kier alpha value is -2.81. The van der Waals surface area contributed by atoms with Gasteiger partial charge in [0.1, 0.15) is 18.1 Å². The fourth-order valence-electron chi connectivity index (χ4n) is 3.35. The molecule has 1 aliphatic rings. The van der Waals surface area contributed by atoms with Gasteiger partial charge in [0.2, 0.25) is 0 Å².